The maximum Gasteiger partial charge on any atom is 0.253 e. The van der Waals surface area contributed by atoms with E-state index in [4.69, 9.17) is 0 Å². The second-order valence-corrected chi connectivity index (χ2v) is 9.10. The molecular weight excluding hydrogens is 435 g/mol. The molecule has 0 aliphatic carbocycles. The largest absolute Gasteiger partial charge is 0.348 e. The summed E-state index contributed by atoms with van der Waals surface area (Å²) in [5.41, 5.74) is 2.25. The minimum Gasteiger partial charge on any atom is -0.348 e. The summed E-state index contributed by atoms with van der Waals surface area (Å²) in [6, 6.07) is 9.11. The second kappa shape index (κ2) is 8.35. The van der Waals surface area contributed by atoms with Gasteiger partial charge in [-0.1, -0.05) is 0 Å². The van der Waals surface area contributed by atoms with E-state index in [0.29, 0.717) is 27.7 Å². The predicted molar refractivity (Wildman–Crippen MR) is 117 cm³/mol. The molecule has 4 aromatic rings. The molecule has 32 heavy (non-hydrogen) atoms. The molecule has 4 rings (SSSR count). The molecule has 3 aromatic heterocycles. The normalized spacial score (nSPS) is 11.5. The lowest BCUT2D eigenvalue weighted by molar-refractivity contribution is 0.0952. The third-order valence-corrected chi connectivity index (χ3v) is 6.08. The lowest BCUT2D eigenvalue weighted by Gasteiger charge is -2.16. The number of benzene rings is 1. The van der Waals surface area contributed by atoms with Gasteiger partial charge in [0, 0.05) is 31.4 Å². The summed E-state index contributed by atoms with van der Waals surface area (Å²) in [5, 5.41) is 7.71. The van der Waals surface area contributed by atoms with Crippen LogP contribution in [0.1, 0.15) is 15.9 Å². The first kappa shape index (κ1) is 21.4. The van der Waals surface area contributed by atoms with Crippen molar-refractivity contribution >= 4 is 32.7 Å². The first-order chi connectivity index (χ1) is 15.2. The molecule has 0 bridgehead atoms. The van der Waals surface area contributed by atoms with Crippen LogP contribution in [0, 0.1) is 5.82 Å². The molecule has 0 saturated carbocycles. The van der Waals surface area contributed by atoms with Gasteiger partial charge in [0.15, 0.2) is 0 Å². The highest BCUT2D eigenvalue weighted by Crippen LogP contribution is 2.21. The van der Waals surface area contributed by atoms with E-state index in [1.54, 1.807) is 41.3 Å². The Bertz CT molecular complexity index is 1400. The Morgan fingerprint density at radius 2 is 1.91 bits per heavy atom. The number of amides is 1. The average Bonchev–Trinajstić information content (AvgIpc) is 3.21. The van der Waals surface area contributed by atoms with Gasteiger partial charge in [-0.25, -0.2) is 22.5 Å². The maximum atomic E-state index is 13.2. The zero-order valence-corrected chi connectivity index (χ0v) is 18.0. The lowest BCUT2D eigenvalue weighted by atomic mass is 10.1. The Labute approximate surface area is 183 Å². The molecule has 0 aliphatic rings. The minimum absolute atomic E-state index is 0.161. The highest BCUT2D eigenvalue weighted by molar-refractivity contribution is 7.92. The number of nitrogens with one attached hydrogen (secondary N) is 1. The number of fused-ring (bicyclic) bond motifs is 1. The fourth-order valence-corrected chi connectivity index (χ4v) is 3.54. The van der Waals surface area contributed by atoms with Gasteiger partial charge in [-0.05, 0) is 42.0 Å². The summed E-state index contributed by atoms with van der Waals surface area (Å²) < 4.78 is 39.3. The van der Waals surface area contributed by atoms with E-state index in [9.17, 15) is 17.6 Å². The molecule has 1 aromatic carbocycles. The van der Waals surface area contributed by atoms with Crippen molar-refractivity contribution in [3.05, 3.63) is 78.1 Å². The smallest absolute Gasteiger partial charge is 0.253 e. The molecule has 0 unspecified atom stereocenters. The number of hydrogen-bond donors (Lipinski definition) is 1. The van der Waals surface area contributed by atoms with Crippen LogP contribution >= 0.6 is 0 Å². The molecule has 9 nitrogen and oxygen atoms in total. The van der Waals surface area contributed by atoms with Crippen molar-refractivity contribution in [1.29, 1.82) is 0 Å². The Morgan fingerprint density at radius 3 is 2.62 bits per heavy atom. The van der Waals surface area contributed by atoms with Gasteiger partial charge >= 0.3 is 0 Å². The highest BCUT2D eigenvalue weighted by atomic mass is 32.2. The van der Waals surface area contributed by atoms with E-state index in [1.165, 1.54) is 31.6 Å². The predicted octanol–water partition coefficient (Wildman–Crippen LogP) is 2.28. The molecule has 164 valence electrons. The second-order valence-electron chi connectivity index (χ2n) is 7.09. The van der Waals surface area contributed by atoms with Crippen molar-refractivity contribution in [2.24, 2.45) is 0 Å². The Balaban J connectivity index is 1.56. The van der Waals surface area contributed by atoms with Crippen LogP contribution in [0.15, 0.2) is 61.2 Å². The molecule has 11 heteroatoms. The van der Waals surface area contributed by atoms with Gasteiger partial charge in [0.05, 0.1) is 35.4 Å². The van der Waals surface area contributed by atoms with Gasteiger partial charge in [-0.3, -0.25) is 14.1 Å². The van der Waals surface area contributed by atoms with Crippen molar-refractivity contribution in [1.82, 2.24) is 25.1 Å². The van der Waals surface area contributed by atoms with E-state index < -0.39 is 10.0 Å². The summed E-state index contributed by atoms with van der Waals surface area (Å²) in [5.74, 6) is -0.467. The number of halogens is 1. The average molecular weight is 454 g/mol. The monoisotopic (exact) mass is 454 g/mol. The summed E-state index contributed by atoms with van der Waals surface area (Å²) in [7, 11) is -2.04. The van der Waals surface area contributed by atoms with Crippen LogP contribution in [0.4, 0.5) is 10.2 Å². The summed E-state index contributed by atoms with van der Waals surface area (Å²) in [6.45, 7) is 0.161. The van der Waals surface area contributed by atoms with Gasteiger partial charge in [0.2, 0.25) is 10.0 Å². The first-order valence-electron chi connectivity index (χ1n) is 9.49. The number of carbonyl (C=O) groups is 1. The molecule has 0 radical (unpaired) electrons. The van der Waals surface area contributed by atoms with Crippen molar-refractivity contribution in [3.63, 3.8) is 0 Å². The summed E-state index contributed by atoms with van der Waals surface area (Å²) >= 11 is 0. The van der Waals surface area contributed by atoms with Crippen molar-refractivity contribution in [3.8, 4) is 5.69 Å². The van der Waals surface area contributed by atoms with Crippen LogP contribution in [-0.4, -0.2) is 47.4 Å². The molecule has 1 amide bonds. The molecule has 0 fully saturated rings. The Hall–Kier alpha value is -3.86. The number of rotatable bonds is 6. The van der Waals surface area contributed by atoms with Crippen molar-refractivity contribution in [2.75, 3.05) is 17.6 Å². The number of hydrogen-bond acceptors (Lipinski definition) is 6. The fourth-order valence-electron chi connectivity index (χ4n) is 3.10. The first-order valence-corrected chi connectivity index (χ1v) is 11.3. The van der Waals surface area contributed by atoms with Crippen LogP contribution < -0.4 is 9.62 Å². The highest BCUT2D eigenvalue weighted by Gasteiger charge is 2.16. The number of anilines is 1. The van der Waals surface area contributed by atoms with E-state index in [2.05, 4.69) is 20.4 Å². The quantitative estimate of drug-likeness (QED) is 0.479. The molecular formula is C21H19FN6O3S. The van der Waals surface area contributed by atoms with E-state index in [-0.39, 0.29) is 24.1 Å². The van der Waals surface area contributed by atoms with Crippen molar-refractivity contribution in [2.45, 2.75) is 6.54 Å². The van der Waals surface area contributed by atoms with Crippen molar-refractivity contribution < 1.29 is 17.6 Å². The molecule has 3 heterocycles. The Morgan fingerprint density at radius 1 is 1.16 bits per heavy atom. The topological polar surface area (TPSA) is 110 Å². The standard InChI is InChI=1S/C21H19FN6O3S/c1-27(32(2,30)31)20-9-14(7-8-24-20)10-25-21(29)18-11-23-13-19-17(18)12-26-28(19)16-5-3-15(22)4-6-16/h3-9,11-13H,10H2,1-2H3,(H,25,29). The maximum absolute atomic E-state index is 13.2. The molecule has 1 N–H and O–H groups in total. The number of sulfonamides is 1. The van der Waals surface area contributed by atoms with Gasteiger partial charge < -0.3 is 5.32 Å². The zero-order chi connectivity index (χ0) is 22.9. The minimum atomic E-state index is -3.45. The van der Waals surface area contributed by atoms with Gasteiger partial charge in [-0.2, -0.15) is 5.10 Å². The molecule has 0 saturated heterocycles. The molecule has 0 spiro atoms. The number of pyridine rings is 2. The summed E-state index contributed by atoms with van der Waals surface area (Å²) in [4.78, 5) is 21.0. The Kier molecular flexibility index (Phi) is 5.57. The number of nitrogens with zero attached hydrogens (tertiary/aromatic N) is 5. The molecule has 0 aliphatic heterocycles. The van der Waals surface area contributed by atoms with Crippen LogP contribution in [-0.2, 0) is 16.6 Å². The SMILES string of the molecule is CN(c1cc(CNC(=O)c2cncc3c2cnn3-c2ccc(F)cc2)ccn1)S(C)(=O)=O. The third kappa shape index (κ3) is 4.28. The number of carbonyl (C=O) groups excluding carboxylic acids is 1. The van der Waals surface area contributed by atoms with Gasteiger partial charge in [0.25, 0.3) is 5.91 Å². The zero-order valence-electron chi connectivity index (χ0n) is 17.2. The summed E-state index contributed by atoms with van der Waals surface area (Å²) in [6.07, 6.45) is 7.15. The van der Waals surface area contributed by atoms with Crippen LogP contribution in [0.5, 0.6) is 0 Å². The van der Waals surface area contributed by atoms with E-state index in [1.807, 2.05) is 0 Å². The van der Waals surface area contributed by atoms with E-state index in [0.717, 1.165) is 10.6 Å². The lowest BCUT2D eigenvalue weighted by Crippen LogP contribution is -2.26. The van der Waals surface area contributed by atoms with Gasteiger partial charge in [-0.15, -0.1) is 0 Å². The fraction of sp³-hybridized carbons (Fsp3) is 0.143. The van der Waals surface area contributed by atoms with Crippen LogP contribution in [0.25, 0.3) is 16.6 Å². The van der Waals surface area contributed by atoms with Crippen LogP contribution in [0.3, 0.4) is 0 Å². The third-order valence-electron chi connectivity index (χ3n) is 4.90. The number of aromatic nitrogens is 4. The van der Waals surface area contributed by atoms with E-state index >= 15 is 0 Å². The molecule has 0 atom stereocenters. The van der Waals surface area contributed by atoms with Crippen LogP contribution in [0.2, 0.25) is 0 Å². The van der Waals surface area contributed by atoms with Gasteiger partial charge in [0.1, 0.15) is 11.6 Å².